The van der Waals surface area contributed by atoms with Gasteiger partial charge in [0.2, 0.25) is 11.2 Å². The molecule has 0 spiro atoms. The summed E-state index contributed by atoms with van der Waals surface area (Å²) in [7, 11) is 0. The van der Waals surface area contributed by atoms with Gasteiger partial charge in [-0.05, 0) is 6.07 Å². The number of para-hydroxylation sites is 1. The maximum absolute atomic E-state index is 13.7. The van der Waals surface area contributed by atoms with E-state index in [1.54, 1.807) is 12.1 Å². The van der Waals surface area contributed by atoms with E-state index >= 15 is 0 Å². The number of carbonyl (C=O) groups is 1. The van der Waals surface area contributed by atoms with E-state index in [4.69, 9.17) is 9.15 Å². The number of anilines is 3. The molecule has 4 aromatic rings. The fraction of sp³-hybridized carbons (Fsp3) is 0.296. The van der Waals surface area contributed by atoms with E-state index in [9.17, 15) is 18.0 Å². The van der Waals surface area contributed by atoms with Gasteiger partial charge in [0.15, 0.2) is 5.69 Å². The van der Waals surface area contributed by atoms with Crippen LogP contribution in [0, 0.1) is 5.92 Å². The molecule has 3 unspecified atom stereocenters. The number of aliphatic imine (C=N–C) groups is 1. The Morgan fingerprint density at radius 3 is 2.68 bits per heavy atom. The highest BCUT2D eigenvalue weighted by Gasteiger charge is 2.55. The summed E-state index contributed by atoms with van der Waals surface area (Å²) in [5.74, 6) is -0.495. The molecule has 4 atom stereocenters. The van der Waals surface area contributed by atoms with Crippen molar-refractivity contribution in [3.05, 3.63) is 70.7 Å². The number of carbonyl (C=O) groups excluding carboxylic acids is 1. The summed E-state index contributed by atoms with van der Waals surface area (Å²) in [6.45, 7) is 2.80. The van der Waals surface area contributed by atoms with Crippen LogP contribution in [0.4, 0.5) is 29.9 Å². The molecule has 1 amide bonds. The molecule has 0 bridgehead atoms. The minimum absolute atomic E-state index is 0.0394. The maximum atomic E-state index is 13.7. The number of amides is 1. The maximum Gasteiger partial charge on any atom is 0.443 e. The van der Waals surface area contributed by atoms with Gasteiger partial charge in [0.25, 0.3) is 11.8 Å². The fourth-order valence-corrected chi connectivity index (χ4v) is 6.23. The lowest BCUT2D eigenvalue weighted by atomic mass is 10.0. The molecule has 41 heavy (non-hydrogen) atoms. The Morgan fingerprint density at radius 2 is 1.88 bits per heavy atom. The second kappa shape index (κ2) is 9.66. The van der Waals surface area contributed by atoms with Crippen LogP contribution in [0.3, 0.4) is 0 Å². The number of halogens is 3. The number of nitrogens with zero attached hydrogens (tertiary/aromatic N) is 5. The molecule has 10 nitrogen and oxygen atoms in total. The minimum atomic E-state index is -4.64. The monoisotopic (exact) mass is 581 g/mol. The van der Waals surface area contributed by atoms with Gasteiger partial charge in [0.1, 0.15) is 5.00 Å². The zero-order valence-corrected chi connectivity index (χ0v) is 22.2. The Labute approximate surface area is 235 Å². The van der Waals surface area contributed by atoms with Crippen LogP contribution >= 0.6 is 11.3 Å². The van der Waals surface area contributed by atoms with E-state index in [1.165, 1.54) is 0 Å². The van der Waals surface area contributed by atoms with Crippen LogP contribution in [0.15, 0.2) is 64.0 Å². The summed E-state index contributed by atoms with van der Waals surface area (Å²) in [6.07, 6.45) is -5.85. The Morgan fingerprint density at radius 1 is 1.10 bits per heavy atom. The highest BCUT2D eigenvalue weighted by Crippen LogP contribution is 2.49. The number of ether oxygens (including phenoxy) is 1. The number of morpholine rings is 1. The van der Waals surface area contributed by atoms with E-state index in [0.717, 1.165) is 11.1 Å². The van der Waals surface area contributed by atoms with Crippen molar-refractivity contribution in [1.82, 2.24) is 15.2 Å². The van der Waals surface area contributed by atoms with Gasteiger partial charge >= 0.3 is 12.2 Å². The molecule has 2 aliphatic heterocycles. The molecule has 2 aromatic carbocycles. The van der Waals surface area contributed by atoms with Crippen molar-refractivity contribution in [2.24, 2.45) is 10.9 Å². The number of benzene rings is 2. The van der Waals surface area contributed by atoms with Crippen LogP contribution in [0.1, 0.15) is 23.1 Å². The topological polar surface area (TPSA) is 118 Å². The fourth-order valence-electron chi connectivity index (χ4n) is 5.23. The average molecular weight is 582 g/mol. The van der Waals surface area contributed by atoms with Crippen LogP contribution in [0.5, 0.6) is 0 Å². The van der Waals surface area contributed by atoms with Gasteiger partial charge in [0, 0.05) is 23.6 Å². The second-order valence-corrected chi connectivity index (χ2v) is 10.9. The van der Waals surface area contributed by atoms with Crippen molar-refractivity contribution in [3.8, 4) is 11.6 Å². The Balaban J connectivity index is 1.22. The number of alkyl halides is 3. The average Bonchev–Trinajstić information content (AvgIpc) is 3.28. The van der Waals surface area contributed by atoms with Gasteiger partial charge < -0.3 is 24.7 Å². The molecule has 210 valence electrons. The number of benzodiazepines with no additional fused rings is 1. The summed E-state index contributed by atoms with van der Waals surface area (Å²) in [5, 5.41) is 12.9. The number of nitrogens with one attached hydrogen (secondary N) is 2. The van der Waals surface area contributed by atoms with Crippen LogP contribution in [0.2, 0.25) is 0 Å². The third-order valence-electron chi connectivity index (χ3n) is 7.25. The predicted molar refractivity (Wildman–Crippen MR) is 145 cm³/mol. The van der Waals surface area contributed by atoms with Crippen molar-refractivity contribution >= 4 is 39.7 Å². The summed E-state index contributed by atoms with van der Waals surface area (Å²) in [6, 6.07) is 16.4. The molecule has 4 heterocycles. The Hall–Kier alpha value is -4.30. The third-order valence-corrected chi connectivity index (χ3v) is 8.39. The van der Waals surface area contributed by atoms with Gasteiger partial charge in [-0.1, -0.05) is 71.9 Å². The van der Waals surface area contributed by atoms with Crippen LogP contribution in [-0.2, 0) is 15.7 Å². The van der Waals surface area contributed by atoms with Crippen molar-refractivity contribution < 1.29 is 27.1 Å². The predicted octanol–water partition coefficient (Wildman–Crippen LogP) is 4.66. The van der Waals surface area contributed by atoms with Gasteiger partial charge in [-0.15, -0.1) is 5.10 Å². The second-order valence-electron chi connectivity index (χ2n) is 9.89. The first-order valence-corrected chi connectivity index (χ1v) is 13.7. The molecular weight excluding hydrogens is 559 g/mol. The molecule has 1 saturated carbocycles. The van der Waals surface area contributed by atoms with E-state index in [1.807, 2.05) is 54.3 Å². The first-order chi connectivity index (χ1) is 19.8. The number of rotatable bonds is 5. The molecular formula is C27H22F3N7O3S. The zero-order chi connectivity index (χ0) is 28.3. The third kappa shape index (κ3) is 4.62. The van der Waals surface area contributed by atoms with E-state index in [2.05, 4.69) is 30.8 Å². The Kier molecular flexibility index (Phi) is 6.05. The highest BCUT2D eigenvalue weighted by molar-refractivity contribution is 7.16. The van der Waals surface area contributed by atoms with Crippen molar-refractivity contribution in [1.29, 1.82) is 0 Å². The van der Waals surface area contributed by atoms with E-state index < -0.39 is 23.3 Å². The first-order valence-electron chi connectivity index (χ1n) is 12.9. The smallest absolute Gasteiger partial charge is 0.402 e. The van der Waals surface area contributed by atoms with Crippen LogP contribution in [-0.4, -0.2) is 58.3 Å². The van der Waals surface area contributed by atoms with E-state index in [-0.39, 0.29) is 35.7 Å². The molecule has 14 heteroatoms. The number of hydrogen-bond acceptors (Lipinski definition) is 10. The van der Waals surface area contributed by atoms with Crippen LogP contribution < -0.4 is 15.5 Å². The zero-order valence-electron chi connectivity index (χ0n) is 21.4. The summed E-state index contributed by atoms with van der Waals surface area (Å²) in [4.78, 5) is 23.6. The van der Waals surface area contributed by atoms with Gasteiger partial charge in [-0.25, -0.2) is 9.98 Å². The largest absolute Gasteiger partial charge is 0.443 e. The lowest BCUT2D eigenvalue weighted by molar-refractivity contribution is -0.137. The SMILES string of the molecule is CC1C2OCCN(c3sc(C(F)(F)F)nc3-c3nnc(N[C@H]4N=C(c5ccccc5)c5ccccc5NC4=O)o3)C12. The summed E-state index contributed by atoms with van der Waals surface area (Å²) < 4.78 is 52.6. The molecule has 1 saturated heterocycles. The number of fused-ring (bicyclic) bond motifs is 2. The number of hydrogen-bond donors (Lipinski definition) is 2. The molecule has 0 radical (unpaired) electrons. The quantitative estimate of drug-likeness (QED) is 0.350. The Bertz CT molecular complexity index is 1650. The van der Waals surface area contributed by atoms with Gasteiger partial charge in [-0.3, -0.25) is 4.79 Å². The molecule has 2 aromatic heterocycles. The van der Waals surface area contributed by atoms with Gasteiger partial charge in [0.05, 0.1) is 30.2 Å². The number of aromatic nitrogens is 3. The summed E-state index contributed by atoms with van der Waals surface area (Å²) in [5.41, 5.74) is 2.61. The van der Waals surface area contributed by atoms with Gasteiger partial charge in [-0.2, -0.15) is 13.2 Å². The normalized spacial score (nSPS) is 23.7. The summed E-state index contributed by atoms with van der Waals surface area (Å²) >= 11 is 0.539. The first kappa shape index (κ1) is 25.7. The lowest BCUT2D eigenvalue weighted by Crippen LogP contribution is -2.36. The molecule has 1 aliphatic carbocycles. The highest BCUT2D eigenvalue weighted by atomic mass is 32.1. The van der Waals surface area contributed by atoms with Crippen molar-refractivity contribution in [2.45, 2.75) is 31.4 Å². The molecule has 2 fully saturated rings. The number of thiazole rings is 1. The van der Waals surface area contributed by atoms with Crippen LogP contribution in [0.25, 0.3) is 11.6 Å². The standard InChI is InChI=1S/C27H22F3N7O3S/c1-13-19-20(13)39-12-11-37(19)24-18(33-25(41-24)27(28,29)30)23-35-36-26(40-23)34-21-22(38)31-16-10-6-5-9-15(16)17(32-21)14-7-3-2-4-8-14/h2-10,13,19-21H,11-12H2,1H3,(H,31,38)(H,34,36)/t13?,19?,20?,21-/m1/s1. The lowest BCUT2D eigenvalue weighted by Gasteiger charge is -2.27. The molecule has 3 aliphatic rings. The molecule has 7 rings (SSSR count). The molecule has 2 N–H and O–H groups in total. The minimum Gasteiger partial charge on any atom is -0.402 e. The van der Waals surface area contributed by atoms with E-state index in [0.29, 0.717) is 40.9 Å². The van der Waals surface area contributed by atoms with Crippen molar-refractivity contribution in [3.63, 3.8) is 0 Å². The van der Waals surface area contributed by atoms with Crippen molar-refractivity contribution in [2.75, 3.05) is 28.7 Å².